The molecule has 116 valence electrons. The topological polar surface area (TPSA) is 46.8 Å². The number of benzene rings is 1. The number of fused-ring (bicyclic) bond motifs is 1. The van der Waals surface area contributed by atoms with Gasteiger partial charge in [-0.3, -0.25) is 14.5 Å². The van der Waals surface area contributed by atoms with Crippen LogP contribution in [0.25, 0.3) is 11.4 Å². The molecule has 1 aliphatic heterocycles. The molecule has 5 nitrogen and oxygen atoms in total. The summed E-state index contributed by atoms with van der Waals surface area (Å²) in [5.41, 5.74) is 2.11. The molecule has 0 bridgehead atoms. The lowest BCUT2D eigenvalue weighted by Gasteiger charge is -2.27. The van der Waals surface area contributed by atoms with Gasteiger partial charge in [0.25, 0.3) is 0 Å². The highest BCUT2D eigenvalue weighted by atomic mass is 35.5. The molecular formula is C16H14ClN5S. The molecule has 3 aromatic rings. The zero-order valence-electron chi connectivity index (χ0n) is 12.3. The van der Waals surface area contributed by atoms with Gasteiger partial charge in [0.05, 0.1) is 17.6 Å². The Morgan fingerprint density at radius 3 is 2.87 bits per heavy atom. The maximum Gasteiger partial charge on any atom is 0.193 e. The first-order valence-electron chi connectivity index (χ1n) is 7.23. The van der Waals surface area contributed by atoms with Crippen LogP contribution in [0.15, 0.2) is 53.9 Å². The van der Waals surface area contributed by atoms with E-state index < -0.39 is 0 Å². The zero-order valence-corrected chi connectivity index (χ0v) is 13.8. The molecule has 1 aliphatic rings. The third-order valence-corrected chi connectivity index (χ3v) is 5.06. The normalized spacial score (nSPS) is 14.7. The van der Waals surface area contributed by atoms with E-state index in [1.54, 1.807) is 18.0 Å². The molecule has 7 heteroatoms. The first kappa shape index (κ1) is 14.7. The molecule has 0 amide bonds. The van der Waals surface area contributed by atoms with Gasteiger partial charge in [-0.2, -0.15) is 0 Å². The molecule has 0 saturated heterocycles. The van der Waals surface area contributed by atoms with E-state index in [-0.39, 0.29) is 0 Å². The van der Waals surface area contributed by atoms with E-state index in [1.165, 1.54) is 5.56 Å². The molecule has 0 aliphatic carbocycles. The summed E-state index contributed by atoms with van der Waals surface area (Å²) in [5.74, 6) is 1.70. The summed E-state index contributed by atoms with van der Waals surface area (Å²) in [4.78, 5) is 6.51. The number of aromatic nitrogens is 4. The molecule has 2 aromatic heterocycles. The fourth-order valence-electron chi connectivity index (χ4n) is 2.60. The number of rotatable bonds is 3. The highest BCUT2D eigenvalue weighted by Gasteiger charge is 2.23. The number of nitrogens with zero attached hydrogens (tertiary/aromatic N) is 5. The Labute approximate surface area is 143 Å². The second kappa shape index (κ2) is 6.31. The third-order valence-electron chi connectivity index (χ3n) is 3.68. The monoisotopic (exact) mass is 343 g/mol. The van der Waals surface area contributed by atoms with Crippen LogP contribution in [-0.4, -0.2) is 30.5 Å². The smallest absolute Gasteiger partial charge is 0.193 e. The van der Waals surface area contributed by atoms with Crippen molar-refractivity contribution < 1.29 is 0 Å². The fraction of sp³-hybridized carbons (Fsp3) is 0.188. The Bertz CT molecular complexity index is 820. The Morgan fingerprint density at radius 2 is 2.04 bits per heavy atom. The Morgan fingerprint density at radius 1 is 1.13 bits per heavy atom. The van der Waals surface area contributed by atoms with Gasteiger partial charge in [0.1, 0.15) is 0 Å². The van der Waals surface area contributed by atoms with E-state index in [9.17, 15) is 0 Å². The van der Waals surface area contributed by atoms with Crippen molar-refractivity contribution in [3.8, 4) is 11.4 Å². The van der Waals surface area contributed by atoms with Crippen LogP contribution in [0.2, 0.25) is 5.02 Å². The lowest BCUT2D eigenvalue weighted by atomic mass is 10.2. The average Bonchev–Trinajstić information content (AvgIpc) is 2.99. The zero-order chi connectivity index (χ0) is 15.6. The number of halogens is 1. The van der Waals surface area contributed by atoms with Crippen LogP contribution in [0, 0.1) is 0 Å². The molecule has 1 aromatic carbocycles. The third kappa shape index (κ3) is 2.97. The van der Waals surface area contributed by atoms with E-state index in [0.29, 0.717) is 5.02 Å². The summed E-state index contributed by atoms with van der Waals surface area (Å²) < 4.78 is 2.12. The summed E-state index contributed by atoms with van der Waals surface area (Å²) in [6.45, 7) is 1.59. The molecule has 4 rings (SSSR count). The molecular weight excluding hydrogens is 330 g/mol. The standard InChI is InChI=1S/C16H14ClN5S/c17-14-6-2-1-5-13(14)15-19-20-16-22(15)10-21(11-23-16)9-12-4-3-7-18-8-12/h1-8H,9-11H2. The predicted molar refractivity (Wildman–Crippen MR) is 91.0 cm³/mol. The molecule has 0 atom stereocenters. The molecule has 3 heterocycles. The maximum absolute atomic E-state index is 6.31. The SMILES string of the molecule is Clc1ccccc1-c1nnc2n1CN(Cc1cccnc1)CS2. The van der Waals surface area contributed by atoms with E-state index in [2.05, 4.69) is 30.7 Å². The fourth-order valence-corrected chi connectivity index (χ4v) is 3.69. The van der Waals surface area contributed by atoms with Gasteiger partial charge in [-0.15, -0.1) is 10.2 Å². The van der Waals surface area contributed by atoms with Crippen LogP contribution in [0.5, 0.6) is 0 Å². The summed E-state index contributed by atoms with van der Waals surface area (Å²) in [7, 11) is 0. The second-order valence-corrected chi connectivity index (χ2v) is 6.64. The predicted octanol–water partition coefficient (Wildman–Crippen LogP) is 3.52. The van der Waals surface area contributed by atoms with Crippen LogP contribution < -0.4 is 0 Å². The van der Waals surface area contributed by atoms with Crippen molar-refractivity contribution >= 4 is 23.4 Å². The van der Waals surface area contributed by atoms with Gasteiger partial charge in [0.2, 0.25) is 0 Å². The molecule has 0 N–H and O–H groups in total. The molecule has 23 heavy (non-hydrogen) atoms. The van der Waals surface area contributed by atoms with E-state index in [4.69, 9.17) is 11.6 Å². The summed E-state index contributed by atoms with van der Waals surface area (Å²) in [6, 6.07) is 11.8. The number of hydrogen-bond donors (Lipinski definition) is 0. The molecule has 0 fully saturated rings. The molecule has 0 radical (unpaired) electrons. The van der Waals surface area contributed by atoms with Crippen molar-refractivity contribution in [3.63, 3.8) is 0 Å². The average molecular weight is 344 g/mol. The highest BCUT2D eigenvalue weighted by molar-refractivity contribution is 7.99. The van der Waals surface area contributed by atoms with Gasteiger partial charge < -0.3 is 0 Å². The number of thioether (sulfide) groups is 1. The first-order valence-corrected chi connectivity index (χ1v) is 8.60. The van der Waals surface area contributed by atoms with Gasteiger partial charge in [-0.25, -0.2) is 0 Å². The Hall–Kier alpha value is -1.89. The maximum atomic E-state index is 6.31. The minimum atomic E-state index is 0.692. The second-order valence-electron chi connectivity index (χ2n) is 5.32. The first-order chi connectivity index (χ1) is 11.3. The van der Waals surface area contributed by atoms with Crippen molar-refractivity contribution in [3.05, 3.63) is 59.4 Å². The van der Waals surface area contributed by atoms with Gasteiger partial charge in [-0.1, -0.05) is 41.6 Å². The summed E-state index contributed by atoms with van der Waals surface area (Å²) >= 11 is 8.00. The van der Waals surface area contributed by atoms with Gasteiger partial charge in [0, 0.05) is 24.5 Å². The van der Waals surface area contributed by atoms with Crippen LogP contribution >= 0.6 is 23.4 Å². The van der Waals surface area contributed by atoms with E-state index in [0.717, 1.165) is 35.6 Å². The largest absolute Gasteiger partial charge is 0.288 e. The molecule has 0 unspecified atom stereocenters. The van der Waals surface area contributed by atoms with Crippen molar-refractivity contribution in [2.75, 3.05) is 5.88 Å². The minimum absolute atomic E-state index is 0.692. The van der Waals surface area contributed by atoms with Gasteiger partial charge >= 0.3 is 0 Å². The van der Waals surface area contributed by atoms with Crippen LogP contribution in [-0.2, 0) is 13.2 Å². The summed E-state index contributed by atoms with van der Waals surface area (Å²) in [6.07, 6.45) is 3.70. The molecule has 0 spiro atoms. The number of pyridine rings is 1. The van der Waals surface area contributed by atoms with Crippen molar-refractivity contribution in [1.82, 2.24) is 24.6 Å². The minimum Gasteiger partial charge on any atom is -0.288 e. The van der Waals surface area contributed by atoms with E-state index in [1.807, 2.05) is 36.5 Å². The van der Waals surface area contributed by atoms with Gasteiger partial charge in [-0.05, 0) is 23.8 Å². The summed E-state index contributed by atoms with van der Waals surface area (Å²) in [5, 5.41) is 10.3. The Balaban J connectivity index is 1.62. The van der Waals surface area contributed by atoms with Crippen molar-refractivity contribution in [1.29, 1.82) is 0 Å². The Kier molecular flexibility index (Phi) is 4.03. The molecule has 0 saturated carbocycles. The lowest BCUT2D eigenvalue weighted by molar-refractivity contribution is 0.231. The van der Waals surface area contributed by atoms with Crippen LogP contribution in [0.4, 0.5) is 0 Å². The lowest BCUT2D eigenvalue weighted by Crippen LogP contribution is -2.30. The highest BCUT2D eigenvalue weighted by Crippen LogP contribution is 2.32. The van der Waals surface area contributed by atoms with Gasteiger partial charge in [0.15, 0.2) is 11.0 Å². The van der Waals surface area contributed by atoms with Crippen molar-refractivity contribution in [2.24, 2.45) is 0 Å². The van der Waals surface area contributed by atoms with Crippen molar-refractivity contribution in [2.45, 2.75) is 18.4 Å². The van der Waals surface area contributed by atoms with E-state index >= 15 is 0 Å². The van der Waals surface area contributed by atoms with Crippen LogP contribution in [0.3, 0.4) is 0 Å². The quantitative estimate of drug-likeness (QED) is 0.728. The van der Waals surface area contributed by atoms with Crippen LogP contribution in [0.1, 0.15) is 5.56 Å². The number of hydrogen-bond acceptors (Lipinski definition) is 5.